The Bertz CT molecular complexity index is 664. The fourth-order valence-corrected chi connectivity index (χ4v) is 2.68. The van der Waals surface area contributed by atoms with Gasteiger partial charge in [0, 0.05) is 31.3 Å². The molecule has 0 spiro atoms. The van der Waals surface area contributed by atoms with Crippen LogP contribution in [0.1, 0.15) is 37.4 Å². The summed E-state index contributed by atoms with van der Waals surface area (Å²) in [5, 5.41) is 7.19. The van der Waals surface area contributed by atoms with E-state index in [0.29, 0.717) is 6.42 Å². The highest BCUT2D eigenvalue weighted by molar-refractivity contribution is 5.94. The first-order valence-corrected chi connectivity index (χ1v) is 7.19. The molecular formula is C15H19N5O. The van der Waals surface area contributed by atoms with E-state index >= 15 is 0 Å². The number of fused-ring (bicyclic) bond motifs is 4. The predicted octanol–water partition coefficient (Wildman–Crippen LogP) is 1.99. The van der Waals surface area contributed by atoms with Gasteiger partial charge in [0.25, 0.3) is 0 Å². The van der Waals surface area contributed by atoms with Gasteiger partial charge in [-0.25, -0.2) is 0 Å². The van der Waals surface area contributed by atoms with Crippen molar-refractivity contribution in [2.75, 3.05) is 5.32 Å². The van der Waals surface area contributed by atoms with Crippen LogP contribution in [-0.4, -0.2) is 20.7 Å². The molecule has 0 fully saturated rings. The molecule has 1 unspecified atom stereocenters. The summed E-state index contributed by atoms with van der Waals surface area (Å²) in [6.45, 7) is 0. The molecule has 1 amide bonds. The van der Waals surface area contributed by atoms with Crippen molar-refractivity contribution in [1.82, 2.24) is 14.8 Å². The Kier molecular flexibility index (Phi) is 3.70. The van der Waals surface area contributed by atoms with E-state index in [0.717, 1.165) is 41.9 Å². The van der Waals surface area contributed by atoms with Gasteiger partial charge in [-0.1, -0.05) is 6.42 Å². The van der Waals surface area contributed by atoms with Gasteiger partial charge in [0.15, 0.2) is 0 Å². The Morgan fingerprint density at radius 3 is 3.14 bits per heavy atom. The minimum atomic E-state index is -0.0934. The van der Waals surface area contributed by atoms with Crippen molar-refractivity contribution in [2.24, 2.45) is 12.8 Å². The number of rotatable bonds is 0. The van der Waals surface area contributed by atoms with E-state index in [-0.39, 0.29) is 11.9 Å². The van der Waals surface area contributed by atoms with Crippen molar-refractivity contribution >= 4 is 11.6 Å². The third-order valence-electron chi connectivity index (χ3n) is 3.82. The lowest BCUT2D eigenvalue weighted by atomic mass is 10.0. The highest BCUT2D eigenvalue weighted by Crippen LogP contribution is 2.29. The van der Waals surface area contributed by atoms with Crippen molar-refractivity contribution in [1.29, 1.82) is 0 Å². The molecule has 2 bridgehead atoms. The molecule has 0 saturated heterocycles. The lowest BCUT2D eigenvalue weighted by molar-refractivity contribution is -0.116. The summed E-state index contributed by atoms with van der Waals surface area (Å²) in [5.41, 5.74) is 9.65. The number of hydrogen-bond donors (Lipinski definition) is 2. The van der Waals surface area contributed by atoms with Gasteiger partial charge in [-0.2, -0.15) is 5.10 Å². The lowest BCUT2D eigenvalue weighted by Crippen LogP contribution is -2.15. The molecule has 0 radical (unpaired) electrons. The van der Waals surface area contributed by atoms with Gasteiger partial charge in [-0.05, 0) is 25.0 Å². The van der Waals surface area contributed by atoms with Gasteiger partial charge in [-0.15, -0.1) is 0 Å². The predicted molar refractivity (Wildman–Crippen MR) is 80.5 cm³/mol. The van der Waals surface area contributed by atoms with Crippen LogP contribution in [0.5, 0.6) is 0 Å². The number of nitrogens with two attached hydrogens (primary N) is 1. The zero-order valence-electron chi connectivity index (χ0n) is 12.0. The molecule has 1 aliphatic heterocycles. The average molecular weight is 285 g/mol. The summed E-state index contributed by atoms with van der Waals surface area (Å²) in [7, 11) is 1.86. The molecule has 110 valence electrons. The van der Waals surface area contributed by atoms with Gasteiger partial charge in [-0.3, -0.25) is 14.5 Å². The summed E-state index contributed by atoms with van der Waals surface area (Å²) in [6.07, 6.45) is 6.52. The van der Waals surface area contributed by atoms with Crippen LogP contribution in [0.3, 0.4) is 0 Å². The number of pyridine rings is 1. The number of amides is 1. The van der Waals surface area contributed by atoms with Gasteiger partial charge in [0.2, 0.25) is 5.91 Å². The molecule has 2 aromatic rings. The molecule has 1 atom stereocenters. The highest BCUT2D eigenvalue weighted by Gasteiger charge is 2.17. The summed E-state index contributed by atoms with van der Waals surface area (Å²) < 4.78 is 1.76. The number of carbonyl (C=O) groups is 1. The second-order valence-corrected chi connectivity index (χ2v) is 5.40. The second kappa shape index (κ2) is 5.65. The molecule has 3 rings (SSSR count). The topological polar surface area (TPSA) is 85.8 Å². The monoisotopic (exact) mass is 285 g/mol. The largest absolute Gasteiger partial charge is 0.323 e. The van der Waals surface area contributed by atoms with E-state index in [1.54, 1.807) is 17.1 Å². The maximum atomic E-state index is 12.0. The molecule has 6 heteroatoms. The number of hydrogen-bond acceptors (Lipinski definition) is 4. The summed E-state index contributed by atoms with van der Waals surface area (Å²) in [4.78, 5) is 16.4. The Hall–Kier alpha value is -2.21. The minimum absolute atomic E-state index is 0.0210. The van der Waals surface area contributed by atoms with E-state index in [1.165, 1.54) is 0 Å². The molecule has 6 nitrogen and oxygen atoms in total. The van der Waals surface area contributed by atoms with Gasteiger partial charge in [0.1, 0.15) is 0 Å². The van der Waals surface area contributed by atoms with Crippen molar-refractivity contribution in [3.63, 3.8) is 0 Å². The van der Waals surface area contributed by atoms with Crippen LogP contribution in [0.25, 0.3) is 11.3 Å². The summed E-state index contributed by atoms with van der Waals surface area (Å²) >= 11 is 0. The van der Waals surface area contributed by atoms with Crippen molar-refractivity contribution in [3.8, 4) is 11.3 Å². The third-order valence-corrected chi connectivity index (χ3v) is 3.82. The second-order valence-electron chi connectivity index (χ2n) is 5.40. The highest BCUT2D eigenvalue weighted by atomic mass is 16.1. The fourth-order valence-electron chi connectivity index (χ4n) is 2.68. The fraction of sp³-hybridized carbons (Fsp3) is 0.400. The van der Waals surface area contributed by atoms with Crippen LogP contribution in [-0.2, 0) is 11.8 Å². The Labute approximate surface area is 123 Å². The van der Waals surface area contributed by atoms with Gasteiger partial charge < -0.3 is 11.1 Å². The minimum Gasteiger partial charge on any atom is -0.323 e. The first-order chi connectivity index (χ1) is 10.1. The maximum absolute atomic E-state index is 12.0. The quantitative estimate of drug-likeness (QED) is 0.775. The Morgan fingerprint density at radius 2 is 2.29 bits per heavy atom. The molecule has 3 N–H and O–H groups in total. The van der Waals surface area contributed by atoms with Crippen LogP contribution in [0.2, 0.25) is 0 Å². The maximum Gasteiger partial charge on any atom is 0.224 e. The van der Waals surface area contributed by atoms with Gasteiger partial charge in [0.05, 0.1) is 23.3 Å². The SMILES string of the molecule is Cn1ncc2c1-c1ccnc(c1)C(N)CCCCC(=O)N2. The van der Waals surface area contributed by atoms with Crippen LogP contribution in [0.15, 0.2) is 24.5 Å². The zero-order chi connectivity index (χ0) is 14.8. The average Bonchev–Trinajstić information content (AvgIpc) is 2.83. The normalized spacial score (nSPS) is 19.1. The standard InChI is InChI=1S/C15H19N5O/c1-20-15-10-6-7-17-12(8-10)11(16)4-2-3-5-14(21)19-13(15)9-18-20/h6-9,11H,2-5,16H2,1H3,(H,19,21). The molecule has 0 aliphatic carbocycles. The van der Waals surface area contributed by atoms with Crippen molar-refractivity contribution in [2.45, 2.75) is 31.7 Å². The molecule has 0 aromatic carbocycles. The number of anilines is 1. The van der Waals surface area contributed by atoms with Crippen LogP contribution < -0.4 is 11.1 Å². The Balaban J connectivity index is 2.10. The summed E-state index contributed by atoms with van der Waals surface area (Å²) in [5.74, 6) is 0.0210. The molecule has 2 aromatic heterocycles. The van der Waals surface area contributed by atoms with Crippen molar-refractivity contribution in [3.05, 3.63) is 30.2 Å². The van der Waals surface area contributed by atoms with Crippen molar-refractivity contribution < 1.29 is 4.79 Å². The zero-order valence-corrected chi connectivity index (χ0v) is 12.0. The molecule has 1 aliphatic rings. The smallest absolute Gasteiger partial charge is 0.224 e. The Morgan fingerprint density at radius 1 is 1.43 bits per heavy atom. The van der Waals surface area contributed by atoms with E-state index in [2.05, 4.69) is 15.4 Å². The van der Waals surface area contributed by atoms with Crippen LogP contribution in [0.4, 0.5) is 5.69 Å². The van der Waals surface area contributed by atoms with E-state index in [9.17, 15) is 4.79 Å². The molecule has 3 heterocycles. The van der Waals surface area contributed by atoms with Crippen LogP contribution in [0, 0.1) is 0 Å². The van der Waals surface area contributed by atoms with E-state index < -0.39 is 0 Å². The van der Waals surface area contributed by atoms with Gasteiger partial charge >= 0.3 is 0 Å². The molecule has 21 heavy (non-hydrogen) atoms. The first kappa shape index (κ1) is 13.8. The lowest BCUT2D eigenvalue weighted by Gasteiger charge is -2.15. The van der Waals surface area contributed by atoms with E-state index in [1.807, 2.05) is 19.2 Å². The third kappa shape index (κ3) is 2.80. The molecular weight excluding hydrogens is 266 g/mol. The summed E-state index contributed by atoms with van der Waals surface area (Å²) in [6, 6.07) is 3.80. The van der Waals surface area contributed by atoms with E-state index in [4.69, 9.17) is 5.73 Å². The number of aromatic nitrogens is 3. The number of aryl methyl sites for hydroxylation is 1. The number of nitrogens with one attached hydrogen (secondary N) is 1. The first-order valence-electron chi connectivity index (χ1n) is 7.19. The molecule has 0 saturated carbocycles. The van der Waals surface area contributed by atoms with Crippen LogP contribution >= 0.6 is 0 Å². The number of nitrogens with zero attached hydrogens (tertiary/aromatic N) is 3. The number of carbonyl (C=O) groups excluding carboxylic acids is 1.